The van der Waals surface area contributed by atoms with E-state index in [1.807, 2.05) is 87.5 Å². The Hall–Kier alpha value is -6.71. The average Bonchev–Trinajstić information content (AvgIpc) is 3.26. The number of carbonyl (C=O) groups is 4. The van der Waals surface area contributed by atoms with E-state index >= 15 is 0 Å². The van der Waals surface area contributed by atoms with Crippen LogP contribution in [0.15, 0.2) is 134 Å². The minimum absolute atomic E-state index is 0.0205. The SMILES string of the molecule is CCCC(=O)c1cnc2ccc(COC(=O)c3ccccc3)cc2c1Cl.CCCC(=O)c1cnc2ccc(COC(=O)c3ccccc3)cc2c1Nc1ccccc1C. The maximum atomic E-state index is 12.9. The number of nitrogens with one attached hydrogen (secondary N) is 1. The molecule has 7 aromatic rings. The number of nitrogens with zero attached hydrogens (tertiary/aromatic N) is 2. The van der Waals surface area contributed by atoms with Crippen LogP contribution in [0.25, 0.3) is 21.8 Å². The number of pyridine rings is 2. The molecule has 59 heavy (non-hydrogen) atoms. The number of esters is 2. The summed E-state index contributed by atoms with van der Waals surface area (Å²) in [7, 11) is 0. The highest BCUT2D eigenvalue weighted by molar-refractivity contribution is 6.38. The molecule has 0 saturated heterocycles. The number of Topliss-reactive ketones (excluding diaryl/α,β-unsaturated/α-hetero) is 2. The Morgan fingerprint density at radius 1 is 0.593 bits per heavy atom. The van der Waals surface area contributed by atoms with Crippen molar-refractivity contribution in [3.63, 3.8) is 0 Å². The largest absolute Gasteiger partial charge is 0.457 e. The van der Waals surface area contributed by atoms with Crippen LogP contribution < -0.4 is 5.32 Å². The third-order valence-electron chi connectivity index (χ3n) is 9.52. The first kappa shape index (κ1) is 41.9. The Morgan fingerprint density at radius 2 is 1.07 bits per heavy atom. The van der Waals surface area contributed by atoms with E-state index in [2.05, 4.69) is 15.3 Å². The third kappa shape index (κ3) is 10.6. The van der Waals surface area contributed by atoms with Crippen molar-refractivity contribution >= 4 is 68.3 Å². The topological polar surface area (TPSA) is 125 Å². The number of benzene rings is 5. The van der Waals surface area contributed by atoms with Gasteiger partial charge >= 0.3 is 11.9 Å². The van der Waals surface area contributed by atoms with Crippen LogP contribution in [0.1, 0.15) is 97.7 Å². The molecule has 0 unspecified atom stereocenters. The molecule has 0 radical (unpaired) electrons. The molecule has 0 fully saturated rings. The van der Waals surface area contributed by atoms with E-state index in [1.54, 1.807) is 60.8 Å². The highest BCUT2D eigenvalue weighted by Crippen LogP contribution is 2.33. The Morgan fingerprint density at radius 3 is 1.61 bits per heavy atom. The van der Waals surface area contributed by atoms with Crippen molar-refractivity contribution in [3.8, 4) is 0 Å². The van der Waals surface area contributed by atoms with Gasteiger partial charge < -0.3 is 14.8 Å². The zero-order valence-corrected chi connectivity index (χ0v) is 33.9. The van der Waals surface area contributed by atoms with Crippen LogP contribution >= 0.6 is 11.6 Å². The molecule has 0 amide bonds. The van der Waals surface area contributed by atoms with Gasteiger partial charge in [-0.1, -0.05) is 92.2 Å². The maximum Gasteiger partial charge on any atom is 0.338 e. The number of fused-ring (bicyclic) bond motifs is 2. The van der Waals surface area contributed by atoms with E-state index in [4.69, 9.17) is 21.1 Å². The summed E-state index contributed by atoms with van der Waals surface area (Å²) >= 11 is 6.43. The molecule has 0 spiro atoms. The fourth-order valence-corrected chi connectivity index (χ4v) is 6.66. The van der Waals surface area contributed by atoms with Crippen LogP contribution in [-0.4, -0.2) is 33.5 Å². The molecular weight excluding hydrogens is 762 g/mol. The highest BCUT2D eigenvalue weighted by Gasteiger charge is 2.18. The van der Waals surface area contributed by atoms with Gasteiger partial charge in [0, 0.05) is 41.7 Å². The summed E-state index contributed by atoms with van der Waals surface area (Å²) in [6.07, 6.45) is 5.57. The molecule has 298 valence electrons. The summed E-state index contributed by atoms with van der Waals surface area (Å²) in [5.74, 6) is -0.738. The van der Waals surface area contributed by atoms with E-state index in [-0.39, 0.29) is 36.7 Å². The number of para-hydroxylation sites is 1. The second-order valence-corrected chi connectivity index (χ2v) is 14.3. The molecule has 7 rings (SSSR count). The summed E-state index contributed by atoms with van der Waals surface area (Å²) in [4.78, 5) is 58.3. The first-order valence-corrected chi connectivity index (χ1v) is 19.9. The number of hydrogen-bond acceptors (Lipinski definition) is 9. The van der Waals surface area contributed by atoms with Crippen molar-refractivity contribution in [2.75, 3.05) is 5.32 Å². The van der Waals surface area contributed by atoms with Crippen molar-refractivity contribution in [1.29, 1.82) is 0 Å². The quantitative estimate of drug-likeness (QED) is 0.0844. The summed E-state index contributed by atoms with van der Waals surface area (Å²) in [6.45, 7) is 6.20. The number of halogens is 1. The second-order valence-electron chi connectivity index (χ2n) is 13.9. The average molecular weight is 806 g/mol. The second kappa shape index (κ2) is 20.1. The molecular formula is C49H44ClN3O6. The first-order chi connectivity index (χ1) is 28.7. The normalized spacial score (nSPS) is 10.7. The van der Waals surface area contributed by atoms with E-state index < -0.39 is 0 Å². The van der Waals surface area contributed by atoms with Gasteiger partial charge in [-0.25, -0.2) is 9.59 Å². The molecule has 0 bridgehead atoms. The van der Waals surface area contributed by atoms with Gasteiger partial charge in [0.15, 0.2) is 11.6 Å². The van der Waals surface area contributed by atoms with Crippen LogP contribution in [0.3, 0.4) is 0 Å². The predicted octanol–water partition coefficient (Wildman–Crippen LogP) is 11.9. The Bertz CT molecular complexity index is 2610. The standard InChI is InChI=1S/C28H26N2O3.C21H18ClNO3/c1-3-9-26(31)23-17-29-25-15-14-20(18-33-28(32)21-11-5-4-6-12-21)16-22(25)27(23)30-24-13-8-7-10-19(24)2;1-2-6-19(24)17-12-23-18-10-9-14(11-16(18)20(17)22)13-26-21(25)15-7-4-3-5-8-15/h4-8,10-17H,3,9,18H2,1-2H3,(H,29,30);3-5,7-12H,2,6,13H2,1H3. The van der Waals surface area contributed by atoms with Gasteiger partial charge in [0.05, 0.1) is 44.0 Å². The van der Waals surface area contributed by atoms with Gasteiger partial charge in [-0.15, -0.1) is 0 Å². The molecule has 0 atom stereocenters. The van der Waals surface area contributed by atoms with Crippen molar-refractivity contribution in [3.05, 3.63) is 178 Å². The molecule has 0 aliphatic rings. The van der Waals surface area contributed by atoms with Gasteiger partial charge in [-0.2, -0.15) is 0 Å². The first-order valence-electron chi connectivity index (χ1n) is 19.5. The minimum Gasteiger partial charge on any atom is -0.457 e. The maximum absolute atomic E-state index is 12.9. The molecule has 0 saturated carbocycles. The molecule has 10 heteroatoms. The molecule has 2 aromatic heterocycles. The number of rotatable bonds is 14. The number of ether oxygens (including phenoxy) is 2. The molecule has 0 aliphatic carbocycles. The van der Waals surface area contributed by atoms with Gasteiger partial charge in [0.25, 0.3) is 0 Å². The van der Waals surface area contributed by atoms with E-state index in [0.29, 0.717) is 51.0 Å². The zero-order chi connectivity index (χ0) is 41.7. The summed E-state index contributed by atoms with van der Waals surface area (Å²) in [6, 6.07) is 36.8. The van der Waals surface area contributed by atoms with Crippen molar-refractivity contribution < 1.29 is 28.7 Å². The predicted molar refractivity (Wildman–Crippen MR) is 233 cm³/mol. The Labute approximate surface area is 348 Å². The number of ketones is 2. The van der Waals surface area contributed by atoms with Crippen molar-refractivity contribution in [2.45, 2.75) is 59.7 Å². The van der Waals surface area contributed by atoms with Crippen molar-refractivity contribution in [1.82, 2.24) is 9.97 Å². The van der Waals surface area contributed by atoms with E-state index in [9.17, 15) is 19.2 Å². The molecule has 5 aromatic carbocycles. The number of aromatic nitrogens is 2. The number of aryl methyl sites for hydroxylation is 1. The Kier molecular flexibility index (Phi) is 14.3. The van der Waals surface area contributed by atoms with Crippen LogP contribution in [-0.2, 0) is 22.7 Å². The number of anilines is 2. The lowest BCUT2D eigenvalue weighted by molar-refractivity contribution is 0.0464. The lowest BCUT2D eigenvalue weighted by Crippen LogP contribution is -2.07. The molecule has 0 aliphatic heterocycles. The molecule has 9 nitrogen and oxygen atoms in total. The summed E-state index contributed by atoms with van der Waals surface area (Å²) < 4.78 is 10.9. The molecule has 1 N–H and O–H groups in total. The van der Waals surface area contributed by atoms with Crippen LogP contribution in [0, 0.1) is 6.92 Å². The summed E-state index contributed by atoms with van der Waals surface area (Å²) in [5.41, 5.74) is 7.79. The van der Waals surface area contributed by atoms with Crippen LogP contribution in [0.2, 0.25) is 5.02 Å². The number of hydrogen-bond donors (Lipinski definition) is 1. The van der Waals surface area contributed by atoms with E-state index in [1.165, 1.54) is 6.20 Å². The lowest BCUT2D eigenvalue weighted by Gasteiger charge is -2.16. The monoisotopic (exact) mass is 805 g/mol. The van der Waals surface area contributed by atoms with E-state index in [0.717, 1.165) is 51.8 Å². The lowest BCUT2D eigenvalue weighted by atomic mass is 10.0. The summed E-state index contributed by atoms with van der Waals surface area (Å²) in [5, 5.41) is 5.36. The fourth-order valence-electron chi connectivity index (χ4n) is 6.35. The zero-order valence-electron chi connectivity index (χ0n) is 33.2. The smallest absolute Gasteiger partial charge is 0.338 e. The van der Waals surface area contributed by atoms with Gasteiger partial charge in [0.1, 0.15) is 13.2 Å². The van der Waals surface area contributed by atoms with Crippen LogP contribution in [0.4, 0.5) is 11.4 Å². The molecule has 2 heterocycles. The highest BCUT2D eigenvalue weighted by atomic mass is 35.5. The van der Waals surface area contributed by atoms with Gasteiger partial charge in [-0.05, 0) is 91.1 Å². The number of carbonyl (C=O) groups excluding carboxylic acids is 4. The minimum atomic E-state index is -0.387. The van der Waals surface area contributed by atoms with Crippen LogP contribution in [0.5, 0.6) is 0 Å². The Balaban J connectivity index is 0.000000204. The van der Waals surface area contributed by atoms with Crippen molar-refractivity contribution in [2.24, 2.45) is 0 Å². The third-order valence-corrected chi connectivity index (χ3v) is 9.92. The fraction of sp³-hybridized carbons (Fsp3) is 0.184. The van der Waals surface area contributed by atoms with Gasteiger partial charge in [0.2, 0.25) is 0 Å². The van der Waals surface area contributed by atoms with Gasteiger partial charge in [-0.3, -0.25) is 19.6 Å².